The molecule has 2 atom stereocenters. The van der Waals surface area contributed by atoms with Crippen molar-refractivity contribution in [3.63, 3.8) is 0 Å². The van der Waals surface area contributed by atoms with Crippen LogP contribution in [0.4, 0.5) is 0 Å². The first-order chi connectivity index (χ1) is 8.66. The first kappa shape index (κ1) is 13.5. The van der Waals surface area contributed by atoms with Crippen LogP contribution < -0.4 is 0 Å². The molecule has 0 aliphatic carbocycles. The smallest absolute Gasteiger partial charge is 0.0827 e. The Labute approximate surface area is 110 Å². The molecule has 18 heavy (non-hydrogen) atoms. The van der Waals surface area contributed by atoms with Gasteiger partial charge in [-0.2, -0.15) is 0 Å². The van der Waals surface area contributed by atoms with Gasteiger partial charge in [0.2, 0.25) is 0 Å². The van der Waals surface area contributed by atoms with Crippen molar-refractivity contribution in [3.8, 4) is 0 Å². The lowest BCUT2D eigenvalue weighted by Crippen LogP contribution is -2.46. The molecular weight excluding hydrogens is 224 g/mol. The summed E-state index contributed by atoms with van der Waals surface area (Å²) < 4.78 is 0. The topological polar surface area (TPSA) is 26.7 Å². The van der Waals surface area contributed by atoms with E-state index in [9.17, 15) is 5.11 Å². The summed E-state index contributed by atoms with van der Waals surface area (Å²) in [6.45, 7) is 7.60. The number of aliphatic hydroxyl groups excluding tert-OH is 1. The number of rotatable bonds is 4. The molecule has 3 heteroatoms. The summed E-state index contributed by atoms with van der Waals surface area (Å²) in [7, 11) is 2.17. The Kier molecular flexibility index (Phi) is 4.75. The third-order valence-electron chi connectivity index (χ3n) is 3.82. The summed E-state index contributed by atoms with van der Waals surface area (Å²) in [5, 5.41) is 10.3. The molecule has 1 aromatic carbocycles. The van der Waals surface area contributed by atoms with Gasteiger partial charge in [-0.1, -0.05) is 37.3 Å². The summed E-state index contributed by atoms with van der Waals surface area (Å²) in [4.78, 5) is 4.81. The van der Waals surface area contributed by atoms with Gasteiger partial charge in [0.25, 0.3) is 0 Å². The number of hydrogen-bond acceptors (Lipinski definition) is 3. The van der Waals surface area contributed by atoms with Crippen LogP contribution in [-0.4, -0.2) is 54.7 Å². The van der Waals surface area contributed by atoms with Crippen molar-refractivity contribution >= 4 is 0 Å². The molecule has 1 aliphatic rings. The highest BCUT2D eigenvalue weighted by atomic mass is 16.3. The zero-order chi connectivity index (χ0) is 13.0. The highest BCUT2D eigenvalue weighted by Crippen LogP contribution is 2.22. The van der Waals surface area contributed by atoms with Gasteiger partial charge in [0.15, 0.2) is 0 Å². The second-order valence-corrected chi connectivity index (χ2v) is 5.44. The molecule has 0 aromatic heterocycles. The maximum Gasteiger partial charge on any atom is 0.0827 e. The fourth-order valence-corrected chi connectivity index (χ4v) is 2.52. The molecule has 2 unspecified atom stereocenters. The molecule has 0 amide bonds. The molecule has 0 bridgehead atoms. The van der Waals surface area contributed by atoms with Crippen molar-refractivity contribution in [1.82, 2.24) is 9.80 Å². The summed E-state index contributed by atoms with van der Waals surface area (Å²) in [6, 6.07) is 9.97. The lowest BCUT2D eigenvalue weighted by Gasteiger charge is -2.35. The minimum atomic E-state index is -0.356. The Bertz CT molecular complexity index is 347. The fourth-order valence-electron chi connectivity index (χ4n) is 2.52. The van der Waals surface area contributed by atoms with Gasteiger partial charge < -0.3 is 14.9 Å². The van der Waals surface area contributed by atoms with Crippen LogP contribution in [0.25, 0.3) is 0 Å². The van der Waals surface area contributed by atoms with Crippen molar-refractivity contribution in [2.24, 2.45) is 5.92 Å². The second-order valence-electron chi connectivity index (χ2n) is 5.44. The molecule has 2 rings (SSSR count). The summed E-state index contributed by atoms with van der Waals surface area (Å²) in [6.07, 6.45) is -0.356. The van der Waals surface area contributed by atoms with E-state index in [2.05, 4.69) is 23.8 Å². The molecule has 1 aliphatic heterocycles. The van der Waals surface area contributed by atoms with Crippen LogP contribution >= 0.6 is 0 Å². The molecular formula is C15H24N2O. The van der Waals surface area contributed by atoms with Crippen molar-refractivity contribution in [2.75, 3.05) is 39.8 Å². The monoisotopic (exact) mass is 248 g/mol. The van der Waals surface area contributed by atoms with Crippen LogP contribution in [0.15, 0.2) is 30.3 Å². The minimum Gasteiger partial charge on any atom is -0.388 e. The van der Waals surface area contributed by atoms with E-state index in [-0.39, 0.29) is 12.0 Å². The molecule has 0 radical (unpaired) electrons. The van der Waals surface area contributed by atoms with E-state index in [0.717, 1.165) is 38.3 Å². The van der Waals surface area contributed by atoms with Crippen LogP contribution in [-0.2, 0) is 0 Å². The van der Waals surface area contributed by atoms with Crippen molar-refractivity contribution in [1.29, 1.82) is 0 Å². The van der Waals surface area contributed by atoms with E-state index in [4.69, 9.17) is 0 Å². The molecule has 1 heterocycles. The molecule has 0 saturated carbocycles. The van der Waals surface area contributed by atoms with Crippen molar-refractivity contribution < 1.29 is 5.11 Å². The Hall–Kier alpha value is -0.900. The standard InChI is InChI=1S/C15H24N2O/c1-13(12-17-10-8-16(2)9-11-17)15(18)14-6-4-3-5-7-14/h3-7,13,15,18H,8-12H2,1-2H3. The van der Waals surface area contributed by atoms with Gasteiger partial charge in [-0.15, -0.1) is 0 Å². The highest BCUT2D eigenvalue weighted by Gasteiger charge is 2.21. The third kappa shape index (κ3) is 3.55. The Balaban J connectivity index is 1.86. The number of benzene rings is 1. The Morgan fingerprint density at radius 3 is 2.33 bits per heavy atom. The van der Waals surface area contributed by atoms with E-state index in [1.807, 2.05) is 30.3 Å². The summed E-state index contributed by atoms with van der Waals surface area (Å²) in [5.41, 5.74) is 1.03. The van der Waals surface area contributed by atoms with E-state index < -0.39 is 0 Å². The highest BCUT2D eigenvalue weighted by molar-refractivity contribution is 5.17. The average molecular weight is 248 g/mol. The van der Waals surface area contributed by atoms with E-state index in [1.54, 1.807) is 0 Å². The number of hydrogen-bond donors (Lipinski definition) is 1. The first-order valence-electron chi connectivity index (χ1n) is 6.80. The second kappa shape index (κ2) is 6.32. The van der Waals surface area contributed by atoms with Gasteiger partial charge in [-0.05, 0) is 18.5 Å². The van der Waals surface area contributed by atoms with Gasteiger partial charge in [-0.3, -0.25) is 0 Å². The largest absolute Gasteiger partial charge is 0.388 e. The lowest BCUT2D eigenvalue weighted by atomic mass is 9.97. The zero-order valence-electron chi connectivity index (χ0n) is 11.4. The zero-order valence-corrected chi connectivity index (χ0v) is 11.4. The van der Waals surface area contributed by atoms with Gasteiger partial charge in [0, 0.05) is 32.7 Å². The van der Waals surface area contributed by atoms with Gasteiger partial charge in [-0.25, -0.2) is 0 Å². The van der Waals surface area contributed by atoms with E-state index >= 15 is 0 Å². The van der Waals surface area contributed by atoms with Gasteiger partial charge >= 0.3 is 0 Å². The van der Waals surface area contributed by atoms with Crippen LogP contribution in [0.5, 0.6) is 0 Å². The predicted octanol–water partition coefficient (Wildman–Crippen LogP) is 1.60. The number of piperazine rings is 1. The fraction of sp³-hybridized carbons (Fsp3) is 0.600. The van der Waals surface area contributed by atoms with Crippen LogP contribution in [0.1, 0.15) is 18.6 Å². The maximum absolute atomic E-state index is 10.3. The first-order valence-corrected chi connectivity index (χ1v) is 6.80. The van der Waals surface area contributed by atoms with Crippen LogP contribution in [0.2, 0.25) is 0 Å². The SMILES string of the molecule is CC(CN1CCN(C)CC1)C(O)c1ccccc1. The average Bonchev–Trinajstić information content (AvgIpc) is 2.41. The van der Waals surface area contributed by atoms with E-state index in [0.29, 0.717) is 0 Å². The van der Waals surface area contributed by atoms with E-state index in [1.165, 1.54) is 0 Å². The summed E-state index contributed by atoms with van der Waals surface area (Å²) >= 11 is 0. The number of likely N-dealkylation sites (N-methyl/N-ethyl adjacent to an activating group) is 1. The molecule has 1 aromatic rings. The maximum atomic E-state index is 10.3. The Morgan fingerprint density at radius 2 is 1.72 bits per heavy atom. The minimum absolute atomic E-state index is 0.274. The number of nitrogens with zero attached hydrogens (tertiary/aromatic N) is 2. The lowest BCUT2D eigenvalue weighted by molar-refractivity contribution is 0.0699. The third-order valence-corrected chi connectivity index (χ3v) is 3.82. The van der Waals surface area contributed by atoms with Gasteiger partial charge in [0.05, 0.1) is 6.10 Å². The predicted molar refractivity (Wildman–Crippen MR) is 74.5 cm³/mol. The molecule has 1 N–H and O–H groups in total. The molecule has 100 valence electrons. The normalized spacial score (nSPS) is 21.7. The van der Waals surface area contributed by atoms with Crippen molar-refractivity contribution in [3.05, 3.63) is 35.9 Å². The number of aliphatic hydroxyl groups is 1. The molecule has 1 saturated heterocycles. The van der Waals surface area contributed by atoms with Crippen LogP contribution in [0, 0.1) is 5.92 Å². The van der Waals surface area contributed by atoms with Crippen LogP contribution in [0.3, 0.4) is 0 Å². The summed E-state index contributed by atoms with van der Waals surface area (Å²) in [5.74, 6) is 0.274. The molecule has 0 spiro atoms. The Morgan fingerprint density at radius 1 is 1.11 bits per heavy atom. The molecule has 3 nitrogen and oxygen atoms in total. The van der Waals surface area contributed by atoms with Crippen molar-refractivity contribution in [2.45, 2.75) is 13.0 Å². The molecule has 1 fully saturated rings. The van der Waals surface area contributed by atoms with Gasteiger partial charge in [0.1, 0.15) is 0 Å². The quantitative estimate of drug-likeness (QED) is 0.877.